The van der Waals surface area contributed by atoms with Crippen molar-refractivity contribution >= 4 is 17.3 Å². The van der Waals surface area contributed by atoms with Gasteiger partial charge in [-0.15, -0.1) is 0 Å². The van der Waals surface area contributed by atoms with Gasteiger partial charge in [0.2, 0.25) is 0 Å². The van der Waals surface area contributed by atoms with Crippen molar-refractivity contribution in [2.24, 2.45) is 14.1 Å². The molecule has 6 nitrogen and oxygen atoms in total. The van der Waals surface area contributed by atoms with Crippen LogP contribution in [0.2, 0.25) is 5.02 Å². The first kappa shape index (κ1) is 15.6. The molecule has 0 aliphatic rings. The third kappa shape index (κ3) is 2.81. The number of aromatic nitrogens is 4. The van der Waals surface area contributed by atoms with E-state index in [4.69, 9.17) is 11.6 Å². The zero-order chi connectivity index (χ0) is 15.7. The molecule has 0 spiro atoms. The van der Waals surface area contributed by atoms with Gasteiger partial charge in [-0.1, -0.05) is 18.5 Å². The minimum absolute atomic E-state index is 0.0325. The minimum atomic E-state index is -0.309. The van der Waals surface area contributed by atoms with Gasteiger partial charge in [-0.2, -0.15) is 10.2 Å². The van der Waals surface area contributed by atoms with Crippen molar-refractivity contribution in [2.45, 2.75) is 33.2 Å². The predicted molar refractivity (Wildman–Crippen MR) is 83.8 cm³/mol. The number of nitrogens with one attached hydrogen (secondary N) is 1. The van der Waals surface area contributed by atoms with E-state index in [0.717, 1.165) is 23.4 Å². The van der Waals surface area contributed by atoms with Gasteiger partial charge in [0, 0.05) is 25.4 Å². The highest BCUT2D eigenvalue weighted by Gasteiger charge is 2.20. The quantitative estimate of drug-likeness (QED) is 0.941. The molecule has 2 rings (SSSR count). The summed E-state index contributed by atoms with van der Waals surface area (Å²) in [4.78, 5) is 11.8. The summed E-state index contributed by atoms with van der Waals surface area (Å²) >= 11 is 6.12. The Hall–Kier alpha value is -1.82. The maximum atomic E-state index is 11.8. The molecule has 1 atom stereocenters. The Bertz CT molecular complexity index is 719. The van der Waals surface area contributed by atoms with Crippen LogP contribution in [0.25, 0.3) is 0 Å². The van der Waals surface area contributed by atoms with Gasteiger partial charge in [0.1, 0.15) is 5.02 Å². The molecule has 2 aromatic heterocycles. The normalized spacial score (nSPS) is 12.5. The highest BCUT2D eigenvalue weighted by molar-refractivity contribution is 6.32. The van der Waals surface area contributed by atoms with E-state index in [1.54, 1.807) is 13.2 Å². The Morgan fingerprint density at radius 2 is 2.00 bits per heavy atom. The number of aryl methyl sites for hydroxylation is 3. The lowest BCUT2D eigenvalue weighted by molar-refractivity contribution is 0.696. The maximum Gasteiger partial charge on any atom is 0.287 e. The van der Waals surface area contributed by atoms with Gasteiger partial charge < -0.3 is 5.32 Å². The van der Waals surface area contributed by atoms with E-state index in [1.807, 2.05) is 25.6 Å². The van der Waals surface area contributed by atoms with Gasteiger partial charge in [-0.05, 0) is 20.3 Å². The zero-order valence-corrected chi connectivity index (χ0v) is 13.7. The average Bonchev–Trinajstić information content (AvgIpc) is 2.70. The Kier molecular flexibility index (Phi) is 4.37. The molecule has 1 N–H and O–H groups in total. The third-order valence-corrected chi connectivity index (χ3v) is 4.09. The molecule has 2 heterocycles. The van der Waals surface area contributed by atoms with Gasteiger partial charge in [0.25, 0.3) is 5.56 Å². The summed E-state index contributed by atoms with van der Waals surface area (Å²) in [5.41, 5.74) is 3.45. The highest BCUT2D eigenvalue weighted by Crippen LogP contribution is 2.29. The van der Waals surface area contributed by atoms with Crippen molar-refractivity contribution in [1.82, 2.24) is 19.6 Å². The number of hydrogen-bond acceptors (Lipinski definition) is 4. The third-order valence-electron chi connectivity index (χ3n) is 3.73. The van der Waals surface area contributed by atoms with Crippen molar-refractivity contribution in [1.29, 1.82) is 0 Å². The minimum Gasteiger partial charge on any atom is -0.375 e. The number of rotatable bonds is 4. The first-order chi connectivity index (χ1) is 9.86. The molecule has 114 valence electrons. The average molecular weight is 310 g/mol. The van der Waals surface area contributed by atoms with Crippen LogP contribution in [0.4, 0.5) is 5.69 Å². The van der Waals surface area contributed by atoms with Crippen LogP contribution in [0.5, 0.6) is 0 Å². The summed E-state index contributed by atoms with van der Waals surface area (Å²) in [6, 6.07) is 0.0325. The van der Waals surface area contributed by atoms with Crippen LogP contribution in [0.3, 0.4) is 0 Å². The van der Waals surface area contributed by atoms with Crippen molar-refractivity contribution in [3.8, 4) is 0 Å². The number of nitrogens with zero attached hydrogens (tertiary/aromatic N) is 4. The summed E-state index contributed by atoms with van der Waals surface area (Å²) in [7, 11) is 3.50. The lowest BCUT2D eigenvalue weighted by Crippen LogP contribution is -2.22. The van der Waals surface area contributed by atoms with Crippen LogP contribution in [-0.2, 0) is 14.1 Å². The van der Waals surface area contributed by atoms with Gasteiger partial charge in [0.15, 0.2) is 0 Å². The van der Waals surface area contributed by atoms with E-state index in [9.17, 15) is 4.79 Å². The van der Waals surface area contributed by atoms with Crippen molar-refractivity contribution in [3.63, 3.8) is 0 Å². The molecule has 0 aliphatic carbocycles. The summed E-state index contributed by atoms with van der Waals surface area (Å²) in [6.07, 6.45) is 2.42. The largest absolute Gasteiger partial charge is 0.375 e. The molecular weight excluding hydrogens is 290 g/mol. The Morgan fingerprint density at radius 3 is 2.52 bits per heavy atom. The number of hydrogen-bond donors (Lipinski definition) is 1. The molecule has 0 aromatic carbocycles. The maximum absolute atomic E-state index is 11.8. The second kappa shape index (κ2) is 5.89. The van der Waals surface area contributed by atoms with E-state index in [1.165, 1.54) is 4.68 Å². The molecule has 0 aliphatic heterocycles. The van der Waals surface area contributed by atoms with E-state index in [-0.39, 0.29) is 16.6 Å². The van der Waals surface area contributed by atoms with Gasteiger partial charge in [-0.3, -0.25) is 9.48 Å². The first-order valence-corrected chi connectivity index (χ1v) is 7.23. The van der Waals surface area contributed by atoms with Crippen LogP contribution in [0, 0.1) is 13.8 Å². The number of halogens is 1. The first-order valence-electron chi connectivity index (χ1n) is 6.85. The van der Waals surface area contributed by atoms with E-state index >= 15 is 0 Å². The molecule has 0 saturated carbocycles. The summed E-state index contributed by atoms with van der Waals surface area (Å²) in [5, 5.41) is 11.9. The van der Waals surface area contributed by atoms with Crippen LogP contribution in [-0.4, -0.2) is 19.6 Å². The fourth-order valence-corrected chi connectivity index (χ4v) is 2.70. The highest BCUT2D eigenvalue weighted by atomic mass is 35.5. The van der Waals surface area contributed by atoms with Crippen molar-refractivity contribution in [3.05, 3.63) is 38.5 Å². The molecule has 21 heavy (non-hydrogen) atoms. The molecule has 0 bridgehead atoms. The van der Waals surface area contributed by atoms with Crippen LogP contribution in [0.15, 0.2) is 11.0 Å². The van der Waals surface area contributed by atoms with Gasteiger partial charge >= 0.3 is 0 Å². The number of anilines is 1. The smallest absolute Gasteiger partial charge is 0.287 e. The van der Waals surface area contributed by atoms with E-state index in [0.29, 0.717) is 5.69 Å². The topological polar surface area (TPSA) is 64.7 Å². The Morgan fingerprint density at radius 1 is 1.33 bits per heavy atom. The van der Waals surface area contributed by atoms with E-state index in [2.05, 4.69) is 22.4 Å². The molecule has 1 unspecified atom stereocenters. The van der Waals surface area contributed by atoms with Crippen molar-refractivity contribution in [2.75, 3.05) is 5.32 Å². The van der Waals surface area contributed by atoms with Crippen LogP contribution >= 0.6 is 11.6 Å². The molecule has 0 fully saturated rings. The second-order valence-electron chi connectivity index (χ2n) is 5.11. The van der Waals surface area contributed by atoms with Gasteiger partial charge in [0.05, 0.1) is 23.6 Å². The molecule has 7 heteroatoms. The standard InChI is InChI=1S/C14H20ClN5O/c1-6-10(12-8(2)18-19(4)9(12)3)17-11-7-16-20(5)14(21)13(11)15/h7,10,17H,6H2,1-5H3. The predicted octanol–water partition coefficient (Wildman–Crippen LogP) is 2.35. The molecule has 0 amide bonds. The van der Waals surface area contributed by atoms with Crippen molar-refractivity contribution < 1.29 is 0 Å². The monoisotopic (exact) mass is 309 g/mol. The molecule has 0 saturated heterocycles. The summed E-state index contributed by atoms with van der Waals surface area (Å²) < 4.78 is 3.08. The molecular formula is C14H20ClN5O. The van der Waals surface area contributed by atoms with E-state index < -0.39 is 0 Å². The summed E-state index contributed by atoms with van der Waals surface area (Å²) in [6.45, 7) is 6.09. The van der Waals surface area contributed by atoms with Crippen LogP contribution in [0.1, 0.15) is 36.3 Å². The lowest BCUT2D eigenvalue weighted by atomic mass is 10.0. The molecule has 2 aromatic rings. The SMILES string of the molecule is CCC(Nc1cnn(C)c(=O)c1Cl)c1c(C)nn(C)c1C. The fourth-order valence-electron chi connectivity index (χ4n) is 2.47. The Labute approximate surface area is 128 Å². The van der Waals surface area contributed by atoms with Gasteiger partial charge in [-0.25, -0.2) is 4.68 Å². The van der Waals surface area contributed by atoms with Crippen LogP contribution < -0.4 is 10.9 Å². The second-order valence-corrected chi connectivity index (χ2v) is 5.49. The fraction of sp³-hybridized carbons (Fsp3) is 0.500. The lowest BCUT2D eigenvalue weighted by Gasteiger charge is -2.19. The summed E-state index contributed by atoms with van der Waals surface area (Å²) in [5.74, 6) is 0. The zero-order valence-electron chi connectivity index (χ0n) is 12.9. The molecule has 0 radical (unpaired) electrons. The Balaban J connectivity index is 2.41.